The van der Waals surface area contributed by atoms with E-state index in [1.165, 1.54) is 6.07 Å². The van der Waals surface area contributed by atoms with Crippen molar-refractivity contribution in [3.8, 4) is 5.69 Å². The first kappa shape index (κ1) is 18.7. The Morgan fingerprint density at radius 3 is 2.52 bits per heavy atom. The summed E-state index contributed by atoms with van der Waals surface area (Å²) < 4.78 is 27.0. The van der Waals surface area contributed by atoms with E-state index in [1.807, 2.05) is 42.0 Å². The number of benzene rings is 2. The number of rotatable bonds is 6. The van der Waals surface area contributed by atoms with Crippen molar-refractivity contribution in [1.29, 1.82) is 0 Å². The summed E-state index contributed by atoms with van der Waals surface area (Å²) in [5, 5.41) is 2.84. The Morgan fingerprint density at radius 1 is 1.15 bits per heavy atom. The monoisotopic (exact) mass is 384 g/mol. The molecule has 2 N–H and O–H groups in total. The van der Waals surface area contributed by atoms with Gasteiger partial charge in [-0.15, -0.1) is 0 Å². The molecule has 140 valence electrons. The van der Waals surface area contributed by atoms with E-state index < -0.39 is 10.0 Å². The van der Waals surface area contributed by atoms with Crippen molar-refractivity contribution in [3.05, 3.63) is 77.9 Å². The van der Waals surface area contributed by atoms with Crippen molar-refractivity contribution in [2.24, 2.45) is 0 Å². The number of carbonyl (C=O) groups excluding carboxylic acids is 1. The smallest absolute Gasteiger partial charge is 0.251 e. The molecule has 7 nitrogen and oxygen atoms in total. The van der Waals surface area contributed by atoms with Gasteiger partial charge in [0.05, 0.1) is 6.26 Å². The van der Waals surface area contributed by atoms with Crippen LogP contribution in [0.5, 0.6) is 0 Å². The predicted molar refractivity (Wildman–Crippen MR) is 104 cm³/mol. The third-order valence-electron chi connectivity index (χ3n) is 3.92. The third-order valence-corrected chi connectivity index (χ3v) is 4.53. The summed E-state index contributed by atoms with van der Waals surface area (Å²) >= 11 is 0. The van der Waals surface area contributed by atoms with Crippen molar-refractivity contribution < 1.29 is 13.2 Å². The molecule has 0 aliphatic carbocycles. The lowest BCUT2D eigenvalue weighted by atomic mass is 10.1. The zero-order valence-electron chi connectivity index (χ0n) is 15.0. The normalized spacial score (nSPS) is 11.2. The van der Waals surface area contributed by atoms with Crippen molar-refractivity contribution in [1.82, 2.24) is 14.9 Å². The summed E-state index contributed by atoms with van der Waals surface area (Å²) in [6.07, 6.45) is 4.70. The van der Waals surface area contributed by atoms with Crippen LogP contribution in [0.15, 0.2) is 60.9 Å². The number of carbonyl (C=O) groups is 1. The van der Waals surface area contributed by atoms with E-state index in [9.17, 15) is 13.2 Å². The minimum atomic E-state index is -3.39. The first-order valence-corrected chi connectivity index (χ1v) is 10.2. The van der Waals surface area contributed by atoms with Gasteiger partial charge in [0.1, 0.15) is 5.82 Å². The van der Waals surface area contributed by atoms with Crippen LogP contribution in [0.25, 0.3) is 5.69 Å². The number of imidazole rings is 1. The van der Waals surface area contributed by atoms with Crippen molar-refractivity contribution in [2.45, 2.75) is 13.5 Å². The van der Waals surface area contributed by atoms with Gasteiger partial charge in [-0.3, -0.25) is 9.52 Å². The van der Waals surface area contributed by atoms with Gasteiger partial charge in [0.2, 0.25) is 10.0 Å². The van der Waals surface area contributed by atoms with E-state index in [4.69, 9.17) is 0 Å². The number of aryl methyl sites for hydroxylation is 1. The second-order valence-corrected chi connectivity index (χ2v) is 7.90. The molecule has 0 saturated heterocycles. The number of amides is 1. The molecule has 0 aliphatic rings. The third kappa shape index (κ3) is 4.95. The van der Waals surface area contributed by atoms with Crippen LogP contribution in [0.1, 0.15) is 21.7 Å². The maximum Gasteiger partial charge on any atom is 0.251 e. The molecule has 1 aromatic heterocycles. The Kier molecular flexibility index (Phi) is 5.27. The fourth-order valence-corrected chi connectivity index (χ4v) is 3.20. The van der Waals surface area contributed by atoms with Crippen LogP contribution in [-0.4, -0.2) is 30.1 Å². The minimum Gasteiger partial charge on any atom is -0.348 e. The molecular formula is C19H20N4O3S. The summed E-state index contributed by atoms with van der Waals surface area (Å²) in [4.78, 5) is 16.5. The summed E-state index contributed by atoms with van der Waals surface area (Å²) in [5.41, 5.74) is 2.69. The van der Waals surface area contributed by atoms with Crippen LogP contribution in [0, 0.1) is 6.92 Å². The van der Waals surface area contributed by atoms with Crippen molar-refractivity contribution in [3.63, 3.8) is 0 Å². The Bertz CT molecular complexity index is 1060. The highest BCUT2D eigenvalue weighted by atomic mass is 32.2. The molecule has 2 aromatic carbocycles. The van der Waals surface area contributed by atoms with E-state index in [0.717, 1.165) is 23.3 Å². The average Bonchev–Trinajstić information content (AvgIpc) is 3.05. The molecule has 8 heteroatoms. The highest BCUT2D eigenvalue weighted by Gasteiger charge is 2.08. The van der Waals surface area contributed by atoms with Gasteiger partial charge in [-0.2, -0.15) is 0 Å². The number of anilines is 1. The Morgan fingerprint density at radius 2 is 1.89 bits per heavy atom. The highest BCUT2D eigenvalue weighted by molar-refractivity contribution is 7.92. The van der Waals surface area contributed by atoms with Gasteiger partial charge in [-0.05, 0) is 42.8 Å². The summed E-state index contributed by atoms with van der Waals surface area (Å²) in [5.74, 6) is 0.625. The Labute approximate surface area is 158 Å². The van der Waals surface area contributed by atoms with Crippen LogP contribution in [-0.2, 0) is 16.6 Å². The number of hydrogen-bond donors (Lipinski definition) is 2. The fraction of sp³-hybridized carbons (Fsp3) is 0.158. The molecule has 0 radical (unpaired) electrons. The van der Waals surface area contributed by atoms with Crippen LogP contribution in [0.4, 0.5) is 5.69 Å². The zero-order valence-corrected chi connectivity index (χ0v) is 15.8. The molecule has 1 amide bonds. The topological polar surface area (TPSA) is 93.1 Å². The maximum absolute atomic E-state index is 12.3. The molecule has 0 atom stereocenters. The summed E-state index contributed by atoms with van der Waals surface area (Å²) in [7, 11) is -3.39. The van der Waals surface area contributed by atoms with Crippen LogP contribution >= 0.6 is 0 Å². The van der Waals surface area contributed by atoms with Gasteiger partial charge >= 0.3 is 0 Å². The largest absolute Gasteiger partial charge is 0.348 e. The van der Waals surface area contributed by atoms with Crippen LogP contribution < -0.4 is 10.0 Å². The first-order valence-electron chi connectivity index (χ1n) is 8.27. The minimum absolute atomic E-state index is 0.276. The molecule has 0 fully saturated rings. The predicted octanol–water partition coefficient (Wildman–Crippen LogP) is 2.48. The number of nitrogens with zero attached hydrogens (tertiary/aromatic N) is 2. The maximum atomic E-state index is 12.3. The van der Waals surface area contributed by atoms with Gasteiger partial charge in [0.25, 0.3) is 5.91 Å². The van der Waals surface area contributed by atoms with Gasteiger partial charge < -0.3 is 9.88 Å². The van der Waals surface area contributed by atoms with E-state index in [-0.39, 0.29) is 5.91 Å². The average molecular weight is 384 g/mol. The Hall–Kier alpha value is -3.13. The molecule has 27 heavy (non-hydrogen) atoms. The number of hydrogen-bond acceptors (Lipinski definition) is 4. The van der Waals surface area contributed by atoms with E-state index >= 15 is 0 Å². The SMILES string of the molecule is Cc1nccn1-c1ccc(CNC(=O)c2cccc(NS(C)(=O)=O)c2)cc1. The van der Waals surface area contributed by atoms with Gasteiger partial charge in [-0.25, -0.2) is 13.4 Å². The highest BCUT2D eigenvalue weighted by Crippen LogP contribution is 2.14. The van der Waals surface area contributed by atoms with E-state index in [2.05, 4.69) is 15.0 Å². The first-order chi connectivity index (χ1) is 12.8. The molecule has 3 aromatic rings. The molecule has 3 rings (SSSR count). The second kappa shape index (κ2) is 7.63. The van der Waals surface area contributed by atoms with Crippen molar-refractivity contribution in [2.75, 3.05) is 11.0 Å². The summed E-state index contributed by atoms with van der Waals surface area (Å²) in [6, 6.07) is 14.2. The lowest BCUT2D eigenvalue weighted by Gasteiger charge is -2.09. The molecule has 0 bridgehead atoms. The van der Waals surface area contributed by atoms with Crippen LogP contribution in [0.2, 0.25) is 0 Å². The molecule has 1 heterocycles. The van der Waals surface area contributed by atoms with E-state index in [1.54, 1.807) is 24.4 Å². The van der Waals surface area contributed by atoms with Crippen LogP contribution in [0.3, 0.4) is 0 Å². The van der Waals surface area contributed by atoms with Gasteiger partial charge in [0.15, 0.2) is 0 Å². The second-order valence-electron chi connectivity index (χ2n) is 6.15. The standard InChI is InChI=1S/C19H20N4O3S/c1-14-20-10-11-23(14)18-8-6-15(7-9-18)13-21-19(24)16-4-3-5-17(12-16)22-27(2,25)26/h3-12,22H,13H2,1-2H3,(H,21,24). The quantitative estimate of drug-likeness (QED) is 0.683. The lowest BCUT2D eigenvalue weighted by molar-refractivity contribution is 0.0951. The zero-order chi connectivity index (χ0) is 19.4. The number of nitrogens with one attached hydrogen (secondary N) is 2. The molecule has 0 aliphatic heterocycles. The molecule has 0 spiro atoms. The molecule has 0 saturated carbocycles. The molecule has 0 unspecified atom stereocenters. The van der Waals surface area contributed by atoms with Crippen molar-refractivity contribution >= 4 is 21.6 Å². The number of sulfonamides is 1. The lowest BCUT2D eigenvalue weighted by Crippen LogP contribution is -2.23. The summed E-state index contributed by atoms with van der Waals surface area (Å²) in [6.45, 7) is 2.30. The van der Waals surface area contributed by atoms with E-state index in [0.29, 0.717) is 17.8 Å². The number of aromatic nitrogens is 2. The fourth-order valence-electron chi connectivity index (χ4n) is 2.65. The van der Waals surface area contributed by atoms with Gasteiger partial charge in [-0.1, -0.05) is 18.2 Å². The van der Waals surface area contributed by atoms with Gasteiger partial charge in [0, 0.05) is 35.9 Å². The molecular weight excluding hydrogens is 364 g/mol. The Balaban J connectivity index is 1.64.